The zero-order valence-electron chi connectivity index (χ0n) is 10.8. The van der Waals surface area contributed by atoms with Gasteiger partial charge in [0.25, 0.3) is 0 Å². The van der Waals surface area contributed by atoms with Gasteiger partial charge in [0, 0.05) is 16.6 Å². The van der Waals surface area contributed by atoms with E-state index < -0.39 is 12.1 Å². The Balaban J connectivity index is 3.02. The molecule has 1 atom stereocenters. The van der Waals surface area contributed by atoms with Crippen molar-refractivity contribution in [2.24, 2.45) is 0 Å². The minimum absolute atomic E-state index is 0.647. The van der Waals surface area contributed by atoms with Crippen molar-refractivity contribution >= 4 is 21.9 Å². The molecular formula is C13H18BrNO3. The summed E-state index contributed by atoms with van der Waals surface area (Å²) in [4.78, 5) is 10.9. The largest absolute Gasteiger partial charge is 0.479 e. The van der Waals surface area contributed by atoms with E-state index in [1.807, 2.05) is 26.0 Å². The summed E-state index contributed by atoms with van der Waals surface area (Å²) in [5.41, 5.74) is 1.88. The lowest BCUT2D eigenvalue weighted by Gasteiger charge is -2.17. The average Bonchev–Trinajstić information content (AvgIpc) is 2.29. The minimum Gasteiger partial charge on any atom is -0.479 e. The van der Waals surface area contributed by atoms with E-state index in [1.165, 1.54) is 6.92 Å². The Labute approximate surface area is 115 Å². The summed E-state index contributed by atoms with van der Waals surface area (Å²) in [5.74, 6) is -0.319. The fraction of sp³-hybridized carbons (Fsp3) is 0.462. The predicted molar refractivity (Wildman–Crippen MR) is 74.0 cm³/mol. The first-order valence-corrected chi connectivity index (χ1v) is 6.64. The lowest BCUT2D eigenvalue weighted by Crippen LogP contribution is -2.24. The molecule has 100 valence electrons. The molecule has 18 heavy (non-hydrogen) atoms. The topological polar surface area (TPSA) is 58.6 Å². The van der Waals surface area contributed by atoms with Crippen LogP contribution in [0.4, 0.5) is 0 Å². The Hall–Kier alpha value is -1.07. The van der Waals surface area contributed by atoms with E-state index in [2.05, 4.69) is 21.2 Å². The van der Waals surface area contributed by atoms with Gasteiger partial charge in [0.1, 0.15) is 5.75 Å². The Morgan fingerprint density at radius 3 is 2.78 bits per heavy atom. The van der Waals surface area contributed by atoms with Crippen LogP contribution in [0.25, 0.3) is 0 Å². The van der Waals surface area contributed by atoms with E-state index in [0.717, 1.165) is 22.1 Å². The molecule has 0 aliphatic heterocycles. The third kappa shape index (κ3) is 3.99. The van der Waals surface area contributed by atoms with Crippen molar-refractivity contribution in [2.75, 3.05) is 6.54 Å². The highest BCUT2D eigenvalue weighted by Gasteiger charge is 2.17. The summed E-state index contributed by atoms with van der Waals surface area (Å²) in [6, 6.07) is 3.86. The maximum atomic E-state index is 10.9. The van der Waals surface area contributed by atoms with Crippen LogP contribution in [0.15, 0.2) is 16.6 Å². The number of aryl methyl sites for hydroxylation is 1. The fourth-order valence-electron chi connectivity index (χ4n) is 1.59. The van der Waals surface area contributed by atoms with E-state index in [0.29, 0.717) is 12.3 Å². The van der Waals surface area contributed by atoms with Gasteiger partial charge in [0.2, 0.25) is 0 Å². The highest BCUT2D eigenvalue weighted by molar-refractivity contribution is 9.10. The smallest absolute Gasteiger partial charge is 0.344 e. The quantitative estimate of drug-likeness (QED) is 0.847. The van der Waals surface area contributed by atoms with Crippen LogP contribution in [-0.2, 0) is 11.3 Å². The first-order valence-electron chi connectivity index (χ1n) is 5.85. The molecule has 0 aliphatic rings. The minimum atomic E-state index is -0.966. The number of halogens is 1. The Bertz CT molecular complexity index is 434. The second-order valence-electron chi connectivity index (χ2n) is 4.09. The number of carboxylic acids is 1. The van der Waals surface area contributed by atoms with E-state index in [9.17, 15) is 4.79 Å². The predicted octanol–water partition coefficient (Wildman–Crippen LogP) is 2.72. The van der Waals surface area contributed by atoms with Crippen molar-refractivity contribution in [3.63, 3.8) is 0 Å². The van der Waals surface area contributed by atoms with Gasteiger partial charge in [-0.05, 0) is 38.1 Å². The molecule has 4 nitrogen and oxygen atoms in total. The number of rotatable bonds is 6. The van der Waals surface area contributed by atoms with Gasteiger partial charge in [-0.3, -0.25) is 0 Å². The van der Waals surface area contributed by atoms with Gasteiger partial charge in [-0.1, -0.05) is 22.9 Å². The maximum Gasteiger partial charge on any atom is 0.344 e. The molecule has 0 bridgehead atoms. The normalized spacial score (nSPS) is 12.2. The molecule has 0 aromatic heterocycles. The van der Waals surface area contributed by atoms with Crippen molar-refractivity contribution in [3.05, 3.63) is 27.7 Å². The zero-order chi connectivity index (χ0) is 13.7. The first-order chi connectivity index (χ1) is 8.45. The molecule has 0 fully saturated rings. The van der Waals surface area contributed by atoms with Gasteiger partial charge >= 0.3 is 5.97 Å². The molecule has 0 saturated heterocycles. The Morgan fingerprint density at radius 2 is 2.22 bits per heavy atom. The summed E-state index contributed by atoms with van der Waals surface area (Å²) < 4.78 is 6.49. The van der Waals surface area contributed by atoms with E-state index in [-0.39, 0.29) is 0 Å². The standard InChI is InChI=1S/C13H18BrNO3/c1-4-15-7-10-6-11(14)5-8(2)12(10)18-9(3)13(16)17/h5-6,9,15H,4,7H2,1-3H3,(H,16,17). The third-order valence-electron chi connectivity index (χ3n) is 2.52. The molecule has 1 rings (SSSR count). The lowest BCUT2D eigenvalue weighted by molar-refractivity contribution is -0.144. The highest BCUT2D eigenvalue weighted by Crippen LogP contribution is 2.29. The molecule has 0 radical (unpaired) electrons. The molecule has 0 amide bonds. The summed E-state index contributed by atoms with van der Waals surface area (Å²) in [7, 11) is 0. The van der Waals surface area contributed by atoms with Gasteiger partial charge in [-0.25, -0.2) is 4.79 Å². The van der Waals surface area contributed by atoms with Crippen LogP contribution in [0, 0.1) is 6.92 Å². The van der Waals surface area contributed by atoms with Gasteiger partial charge in [0.15, 0.2) is 6.10 Å². The maximum absolute atomic E-state index is 10.9. The fourth-order valence-corrected chi connectivity index (χ4v) is 2.21. The molecule has 1 unspecified atom stereocenters. The molecule has 1 aromatic carbocycles. The number of carboxylic acid groups (broad SMARTS) is 1. The van der Waals surface area contributed by atoms with Gasteiger partial charge in [-0.2, -0.15) is 0 Å². The first kappa shape index (κ1) is 15.0. The molecule has 0 saturated carbocycles. The van der Waals surface area contributed by atoms with Crippen LogP contribution in [0.1, 0.15) is 25.0 Å². The van der Waals surface area contributed by atoms with Crippen molar-refractivity contribution in [3.8, 4) is 5.75 Å². The SMILES string of the molecule is CCNCc1cc(Br)cc(C)c1OC(C)C(=O)O. The van der Waals surface area contributed by atoms with E-state index >= 15 is 0 Å². The number of aliphatic carboxylic acids is 1. The zero-order valence-corrected chi connectivity index (χ0v) is 12.4. The lowest BCUT2D eigenvalue weighted by atomic mass is 10.1. The molecule has 1 aromatic rings. The molecular weight excluding hydrogens is 298 g/mol. The summed E-state index contributed by atoms with van der Waals surface area (Å²) in [5, 5.41) is 12.1. The molecule has 2 N–H and O–H groups in total. The number of ether oxygens (including phenoxy) is 1. The van der Waals surface area contributed by atoms with Crippen molar-refractivity contribution in [1.82, 2.24) is 5.32 Å². The van der Waals surface area contributed by atoms with E-state index in [4.69, 9.17) is 9.84 Å². The van der Waals surface area contributed by atoms with Crippen molar-refractivity contribution in [1.29, 1.82) is 0 Å². The number of benzene rings is 1. The van der Waals surface area contributed by atoms with Crippen LogP contribution in [-0.4, -0.2) is 23.7 Å². The van der Waals surface area contributed by atoms with Gasteiger partial charge in [-0.15, -0.1) is 0 Å². The van der Waals surface area contributed by atoms with Crippen LogP contribution >= 0.6 is 15.9 Å². The average molecular weight is 316 g/mol. The second kappa shape index (κ2) is 6.75. The van der Waals surface area contributed by atoms with Gasteiger partial charge < -0.3 is 15.2 Å². The highest BCUT2D eigenvalue weighted by atomic mass is 79.9. The summed E-state index contributed by atoms with van der Waals surface area (Å²) in [6.07, 6.45) is -0.856. The van der Waals surface area contributed by atoms with E-state index in [1.54, 1.807) is 0 Å². The Kier molecular flexibility index (Phi) is 5.62. The molecule has 0 heterocycles. The number of hydrogen-bond acceptors (Lipinski definition) is 3. The molecule has 0 aliphatic carbocycles. The monoisotopic (exact) mass is 315 g/mol. The molecule has 0 spiro atoms. The van der Waals surface area contributed by atoms with Crippen LogP contribution in [0.5, 0.6) is 5.75 Å². The van der Waals surface area contributed by atoms with Crippen LogP contribution in [0.3, 0.4) is 0 Å². The Morgan fingerprint density at radius 1 is 1.56 bits per heavy atom. The number of carbonyl (C=O) groups is 1. The number of nitrogens with one attached hydrogen (secondary N) is 1. The van der Waals surface area contributed by atoms with Crippen LogP contribution < -0.4 is 10.1 Å². The summed E-state index contributed by atoms with van der Waals surface area (Å²) in [6.45, 7) is 6.95. The third-order valence-corrected chi connectivity index (χ3v) is 2.98. The van der Waals surface area contributed by atoms with Gasteiger partial charge in [0.05, 0.1) is 0 Å². The van der Waals surface area contributed by atoms with Crippen molar-refractivity contribution in [2.45, 2.75) is 33.4 Å². The molecule has 5 heteroatoms. The number of hydrogen-bond donors (Lipinski definition) is 2. The van der Waals surface area contributed by atoms with Crippen molar-refractivity contribution < 1.29 is 14.6 Å². The summed E-state index contributed by atoms with van der Waals surface area (Å²) >= 11 is 3.43. The van der Waals surface area contributed by atoms with Crippen LogP contribution in [0.2, 0.25) is 0 Å². The second-order valence-corrected chi connectivity index (χ2v) is 5.01.